The minimum absolute atomic E-state index is 0.00593. The summed E-state index contributed by atoms with van der Waals surface area (Å²) in [7, 11) is 0. The van der Waals surface area contributed by atoms with E-state index in [1.165, 1.54) is 283 Å². The first-order valence-corrected chi connectivity index (χ1v) is 31.9. The van der Waals surface area contributed by atoms with Gasteiger partial charge in [-0.25, -0.2) is 0 Å². The molecule has 0 heterocycles. The summed E-state index contributed by atoms with van der Waals surface area (Å²) in [5.41, 5.74) is 0. The summed E-state index contributed by atoms with van der Waals surface area (Å²) in [5, 5.41) is 23.3. The smallest absolute Gasteiger partial charge is 0.305 e. The van der Waals surface area contributed by atoms with E-state index in [1.54, 1.807) is 0 Å². The molecular formula is C64H125NO5. The molecule has 0 saturated heterocycles. The highest BCUT2D eigenvalue weighted by Gasteiger charge is 2.20. The zero-order valence-corrected chi connectivity index (χ0v) is 47.5. The highest BCUT2D eigenvalue weighted by molar-refractivity contribution is 5.76. The van der Waals surface area contributed by atoms with Gasteiger partial charge in [-0.1, -0.05) is 315 Å². The van der Waals surface area contributed by atoms with Crippen molar-refractivity contribution in [2.75, 3.05) is 13.2 Å². The lowest BCUT2D eigenvalue weighted by atomic mass is 10.0. The van der Waals surface area contributed by atoms with E-state index in [0.29, 0.717) is 25.9 Å². The number of amides is 1. The van der Waals surface area contributed by atoms with Crippen LogP contribution < -0.4 is 5.32 Å². The number of aliphatic hydroxyl groups excluding tert-OH is 2. The van der Waals surface area contributed by atoms with Gasteiger partial charge in [-0.3, -0.25) is 9.59 Å². The molecule has 0 aromatic heterocycles. The zero-order valence-electron chi connectivity index (χ0n) is 47.5. The fourth-order valence-electron chi connectivity index (χ4n) is 10.2. The molecule has 0 bridgehead atoms. The summed E-state index contributed by atoms with van der Waals surface area (Å²) in [6.45, 7) is 4.94. The van der Waals surface area contributed by atoms with Crippen LogP contribution in [0, 0.1) is 0 Å². The van der Waals surface area contributed by atoms with Crippen molar-refractivity contribution in [3.63, 3.8) is 0 Å². The third-order valence-electron chi connectivity index (χ3n) is 15.1. The van der Waals surface area contributed by atoms with Gasteiger partial charge in [0, 0.05) is 12.8 Å². The molecule has 0 aliphatic rings. The van der Waals surface area contributed by atoms with Gasteiger partial charge in [-0.2, -0.15) is 0 Å². The van der Waals surface area contributed by atoms with Crippen molar-refractivity contribution in [1.29, 1.82) is 0 Å². The highest BCUT2D eigenvalue weighted by atomic mass is 16.5. The average Bonchev–Trinajstić information content (AvgIpc) is 3.36. The van der Waals surface area contributed by atoms with Crippen LogP contribution in [-0.2, 0) is 14.3 Å². The second-order valence-electron chi connectivity index (χ2n) is 22.1. The van der Waals surface area contributed by atoms with E-state index < -0.39 is 12.1 Å². The predicted molar refractivity (Wildman–Crippen MR) is 306 cm³/mol. The fraction of sp³-hybridized carbons (Fsp3) is 0.938. The molecule has 0 saturated carbocycles. The van der Waals surface area contributed by atoms with Gasteiger partial charge in [-0.15, -0.1) is 0 Å². The zero-order chi connectivity index (χ0) is 50.7. The van der Waals surface area contributed by atoms with E-state index in [-0.39, 0.29) is 18.5 Å². The second-order valence-corrected chi connectivity index (χ2v) is 22.1. The number of carbonyl (C=O) groups excluding carboxylic acids is 2. The number of aliphatic hydroxyl groups is 2. The monoisotopic (exact) mass is 988 g/mol. The van der Waals surface area contributed by atoms with Crippen LogP contribution in [0.2, 0.25) is 0 Å². The van der Waals surface area contributed by atoms with Gasteiger partial charge < -0.3 is 20.3 Å². The third kappa shape index (κ3) is 55.9. The number of rotatable bonds is 60. The SMILES string of the molecule is CCCC/C=C\CCCCCCCC(=O)OCCCCCCCCCCCCCCCCCCCCCCCCCCCC(=O)NC(CO)C(O)CCCCCCCCCCCCCCCCCCC. The van der Waals surface area contributed by atoms with Crippen molar-refractivity contribution < 1.29 is 24.5 Å². The summed E-state index contributed by atoms with van der Waals surface area (Å²) in [5.74, 6) is -0.0240. The Balaban J connectivity index is 3.36. The Morgan fingerprint density at radius 3 is 1.06 bits per heavy atom. The van der Waals surface area contributed by atoms with E-state index in [4.69, 9.17) is 4.74 Å². The van der Waals surface area contributed by atoms with Gasteiger partial charge in [0.05, 0.1) is 25.4 Å². The number of unbranched alkanes of at least 4 members (excludes halogenated alkanes) is 47. The molecule has 416 valence electrons. The van der Waals surface area contributed by atoms with E-state index in [1.807, 2.05) is 0 Å². The summed E-state index contributed by atoms with van der Waals surface area (Å²) in [6, 6.07) is -0.539. The molecule has 0 aliphatic carbocycles. The molecule has 0 spiro atoms. The molecule has 70 heavy (non-hydrogen) atoms. The fourth-order valence-corrected chi connectivity index (χ4v) is 10.2. The van der Waals surface area contributed by atoms with Crippen molar-refractivity contribution in [1.82, 2.24) is 5.32 Å². The van der Waals surface area contributed by atoms with Gasteiger partial charge in [0.2, 0.25) is 5.91 Å². The van der Waals surface area contributed by atoms with Crippen LogP contribution in [0.15, 0.2) is 12.2 Å². The Hall–Kier alpha value is -1.40. The molecule has 0 fully saturated rings. The summed E-state index contributed by atoms with van der Waals surface area (Å²) >= 11 is 0. The minimum atomic E-state index is -0.662. The number of esters is 1. The molecule has 2 atom stereocenters. The summed E-state index contributed by atoms with van der Waals surface area (Å²) in [4.78, 5) is 24.5. The Labute approximate surface area is 438 Å². The number of carbonyl (C=O) groups is 2. The van der Waals surface area contributed by atoms with E-state index in [0.717, 1.165) is 44.9 Å². The van der Waals surface area contributed by atoms with Crippen LogP contribution in [0.1, 0.15) is 361 Å². The maximum atomic E-state index is 12.5. The van der Waals surface area contributed by atoms with Crippen molar-refractivity contribution in [2.45, 2.75) is 373 Å². The summed E-state index contributed by atoms with van der Waals surface area (Å²) in [6.07, 6.45) is 72.3. The highest BCUT2D eigenvalue weighted by Crippen LogP contribution is 2.19. The van der Waals surface area contributed by atoms with Crippen LogP contribution in [0.4, 0.5) is 0 Å². The number of nitrogens with one attached hydrogen (secondary N) is 1. The van der Waals surface area contributed by atoms with Crippen molar-refractivity contribution in [2.24, 2.45) is 0 Å². The Morgan fingerprint density at radius 1 is 0.386 bits per heavy atom. The van der Waals surface area contributed by atoms with Gasteiger partial charge in [0.15, 0.2) is 0 Å². The number of hydrogen-bond donors (Lipinski definition) is 3. The standard InChI is InChI=1S/C64H125NO5/c1-3-5-7-9-11-13-15-16-17-27-30-33-37-40-44-48-52-56-62(67)61(60-66)65-63(68)57-53-49-45-41-38-34-31-28-25-23-21-19-18-20-22-24-26-29-32-35-39-43-47-51-55-59-70-64(69)58-54-50-46-42-36-14-12-10-8-6-4-2/h10,12,61-62,66-67H,3-9,11,13-60H2,1-2H3,(H,65,68)/b12-10-. The lowest BCUT2D eigenvalue weighted by molar-refractivity contribution is -0.143. The average molecular weight is 989 g/mol. The van der Waals surface area contributed by atoms with Crippen molar-refractivity contribution in [3.8, 4) is 0 Å². The molecule has 2 unspecified atom stereocenters. The largest absolute Gasteiger partial charge is 0.466 e. The Morgan fingerprint density at radius 2 is 0.686 bits per heavy atom. The molecule has 1 amide bonds. The minimum Gasteiger partial charge on any atom is -0.466 e. The van der Waals surface area contributed by atoms with Crippen LogP contribution in [-0.4, -0.2) is 47.4 Å². The van der Waals surface area contributed by atoms with E-state index in [9.17, 15) is 19.8 Å². The summed E-state index contributed by atoms with van der Waals surface area (Å²) < 4.78 is 5.46. The lowest BCUT2D eigenvalue weighted by Gasteiger charge is -2.22. The van der Waals surface area contributed by atoms with Crippen LogP contribution in [0.25, 0.3) is 0 Å². The van der Waals surface area contributed by atoms with Crippen LogP contribution in [0.3, 0.4) is 0 Å². The van der Waals surface area contributed by atoms with E-state index in [2.05, 4.69) is 31.3 Å². The van der Waals surface area contributed by atoms with E-state index >= 15 is 0 Å². The first-order chi connectivity index (χ1) is 34.5. The molecule has 6 heteroatoms. The predicted octanol–water partition coefficient (Wildman–Crippen LogP) is 20.0. The van der Waals surface area contributed by atoms with Crippen LogP contribution in [0.5, 0.6) is 0 Å². The van der Waals surface area contributed by atoms with Gasteiger partial charge in [0.25, 0.3) is 0 Å². The maximum Gasteiger partial charge on any atom is 0.305 e. The topological polar surface area (TPSA) is 95.9 Å². The lowest BCUT2D eigenvalue weighted by Crippen LogP contribution is -2.45. The number of ether oxygens (including phenoxy) is 1. The molecule has 0 aliphatic heterocycles. The maximum absolute atomic E-state index is 12.5. The van der Waals surface area contributed by atoms with Gasteiger partial charge >= 0.3 is 5.97 Å². The first kappa shape index (κ1) is 68.6. The molecule has 0 radical (unpaired) electrons. The Kier molecular flexibility index (Phi) is 59.0. The molecule has 3 N–H and O–H groups in total. The quantitative estimate of drug-likeness (QED) is 0.0321. The van der Waals surface area contributed by atoms with Gasteiger partial charge in [-0.05, 0) is 44.9 Å². The Bertz CT molecular complexity index is 1050. The third-order valence-corrected chi connectivity index (χ3v) is 15.1. The molecule has 0 rings (SSSR count). The van der Waals surface area contributed by atoms with Crippen molar-refractivity contribution >= 4 is 11.9 Å². The molecule has 6 nitrogen and oxygen atoms in total. The van der Waals surface area contributed by atoms with Crippen molar-refractivity contribution in [3.05, 3.63) is 12.2 Å². The number of hydrogen-bond acceptors (Lipinski definition) is 5. The number of allylic oxidation sites excluding steroid dienone is 2. The van der Waals surface area contributed by atoms with Crippen LogP contribution >= 0.6 is 0 Å². The van der Waals surface area contributed by atoms with Gasteiger partial charge in [0.1, 0.15) is 0 Å². The normalized spacial score (nSPS) is 12.6. The molecular weight excluding hydrogens is 863 g/mol. The molecule has 0 aromatic carbocycles. The second kappa shape index (κ2) is 60.2. The first-order valence-electron chi connectivity index (χ1n) is 31.9. The molecule has 0 aromatic rings.